The van der Waals surface area contributed by atoms with Crippen molar-refractivity contribution in [3.05, 3.63) is 29.3 Å². The fourth-order valence-electron chi connectivity index (χ4n) is 2.38. The Morgan fingerprint density at radius 3 is 2.53 bits per heavy atom. The molecule has 0 bridgehead atoms. The Kier molecular flexibility index (Phi) is 9.69. The molecule has 1 aromatic carbocycles. The lowest BCUT2D eigenvalue weighted by molar-refractivity contribution is -0.123. The second-order valence-electron chi connectivity index (χ2n) is 7.60. The summed E-state index contributed by atoms with van der Waals surface area (Å²) in [4.78, 5) is 35.6. The number of nitrogen functional groups attached to an aromatic ring is 1. The van der Waals surface area contributed by atoms with Crippen LogP contribution in [0.3, 0.4) is 0 Å². The number of hydrogen-bond donors (Lipinski definition) is 3. The van der Waals surface area contributed by atoms with Crippen LogP contribution in [0.4, 0.5) is 10.5 Å². The highest BCUT2D eigenvalue weighted by Gasteiger charge is 2.22. The summed E-state index contributed by atoms with van der Waals surface area (Å²) in [6.07, 6.45) is 0.972. The van der Waals surface area contributed by atoms with Crippen molar-refractivity contribution in [1.82, 2.24) is 10.6 Å². The van der Waals surface area contributed by atoms with Gasteiger partial charge in [0.1, 0.15) is 11.6 Å². The number of anilines is 1. The molecular formula is C22H31N3O5. The average Bonchev–Trinajstić information content (AvgIpc) is 2.67. The number of benzene rings is 1. The first kappa shape index (κ1) is 24.8. The summed E-state index contributed by atoms with van der Waals surface area (Å²) in [7, 11) is 1.31. The molecule has 0 aliphatic heterocycles. The van der Waals surface area contributed by atoms with E-state index in [0.717, 1.165) is 0 Å². The first-order valence-corrected chi connectivity index (χ1v) is 9.81. The van der Waals surface area contributed by atoms with E-state index in [1.165, 1.54) is 7.11 Å². The second-order valence-corrected chi connectivity index (χ2v) is 7.60. The van der Waals surface area contributed by atoms with Crippen molar-refractivity contribution in [2.75, 3.05) is 19.4 Å². The lowest BCUT2D eigenvalue weighted by Gasteiger charge is -2.22. The molecule has 1 rings (SSSR count). The Bertz CT molecular complexity index is 818. The van der Waals surface area contributed by atoms with E-state index in [9.17, 15) is 14.4 Å². The van der Waals surface area contributed by atoms with E-state index in [-0.39, 0.29) is 5.91 Å². The number of alkyl carbamates (subject to hydrolysis) is 1. The summed E-state index contributed by atoms with van der Waals surface area (Å²) >= 11 is 0. The Balaban J connectivity index is 2.48. The van der Waals surface area contributed by atoms with E-state index in [1.807, 2.05) is 0 Å². The second kappa shape index (κ2) is 11.7. The number of rotatable bonds is 7. The van der Waals surface area contributed by atoms with Crippen molar-refractivity contribution in [2.45, 2.75) is 58.6 Å². The van der Waals surface area contributed by atoms with Gasteiger partial charge in [-0.2, -0.15) is 0 Å². The Hall–Kier alpha value is -3.21. The van der Waals surface area contributed by atoms with E-state index in [4.69, 9.17) is 10.5 Å². The zero-order valence-corrected chi connectivity index (χ0v) is 18.3. The molecule has 0 saturated heterocycles. The summed E-state index contributed by atoms with van der Waals surface area (Å²) in [6.45, 7) is 7.49. The number of unbranched alkanes of at least 4 members (excludes halogenated alkanes) is 1. The van der Waals surface area contributed by atoms with Crippen LogP contribution in [0.2, 0.25) is 0 Å². The Morgan fingerprint density at radius 1 is 1.23 bits per heavy atom. The third kappa shape index (κ3) is 8.86. The molecule has 30 heavy (non-hydrogen) atoms. The maximum absolute atomic E-state index is 12.2. The van der Waals surface area contributed by atoms with Crippen molar-refractivity contribution < 1.29 is 23.9 Å². The molecule has 1 atom stereocenters. The zero-order chi connectivity index (χ0) is 22.7. The van der Waals surface area contributed by atoms with Gasteiger partial charge in [-0.1, -0.05) is 18.8 Å². The first-order chi connectivity index (χ1) is 14.1. The highest BCUT2D eigenvalue weighted by molar-refractivity contribution is 5.90. The number of esters is 1. The molecule has 8 nitrogen and oxygen atoms in total. The van der Waals surface area contributed by atoms with Gasteiger partial charge in [-0.15, -0.1) is 0 Å². The lowest BCUT2D eigenvalue weighted by Crippen LogP contribution is -2.48. The van der Waals surface area contributed by atoms with Crippen LogP contribution in [0.1, 0.15) is 62.9 Å². The number of carbonyl (C=O) groups excluding carboxylic acids is 3. The molecule has 4 N–H and O–H groups in total. The smallest absolute Gasteiger partial charge is 0.408 e. The average molecular weight is 418 g/mol. The molecule has 0 aliphatic carbocycles. The number of amides is 2. The maximum Gasteiger partial charge on any atom is 0.408 e. The Labute approximate surface area is 177 Å². The molecule has 0 heterocycles. The zero-order valence-electron chi connectivity index (χ0n) is 18.3. The van der Waals surface area contributed by atoms with Crippen LogP contribution in [0.25, 0.3) is 0 Å². The molecule has 0 fully saturated rings. The van der Waals surface area contributed by atoms with Gasteiger partial charge in [0.2, 0.25) is 5.91 Å². The van der Waals surface area contributed by atoms with Gasteiger partial charge in [-0.25, -0.2) is 9.59 Å². The van der Waals surface area contributed by atoms with E-state index in [0.29, 0.717) is 42.6 Å². The third-order valence-corrected chi connectivity index (χ3v) is 3.89. The molecule has 2 amide bonds. The monoisotopic (exact) mass is 417 g/mol. The van der Waals surface area contributed by atoms with Crippen LogP contribution in [0, 0.1) is 11.8 Å². The SMILES string of the molecule is CCC(NC(=O)OC(C)(C)C)C(=O)NCCCC#Cc1cc(C(=O)OC)ccc1N. The number of methoxy groups -OCH3 is 1. The fraction of sp³-hybridized carbons (Fsp3) is 0.500. The van der Waals surface area contributed by atoms with Gasteiger partial charge in [-0.05, 0) is 51.8 Å². The number of ether oxygens (including phenoxy) is 2. The molecule has 0 aliphatic rings. The summed E-state index contributed by atoms with van der Waals surface area (Å²) in [5, 5.41) is 5.35. The van der Waals surface area contributed by atoms with Crippen molar-refractivity contribution in [3.63, 3.8) is 0 Å². The van der Waals surface area contributed by atoms with Crippen LogP contribution in [-0.2, 0) is 14.3 Å². The summed E-state index contributed by atoms with van der Waals surface area (Å²) in [6, 6.07) is 4.12. The van der Waals surface area contributed by atoms with Crippen molar-refractivity contribution in [1.29, 1.82) is 0 Å². The van der Waals surface area contributed by atoms with Crippen molar-refractivity contribution in [3.8, 4) is 11.8 Å². The topological polar surface area (TPSA) is 120 Å². The summed E-state index contributed by atoms with van der Waals surface area (Å²) in [5.74, 6) is 5.19. The van der Waals surface area contributed by atoms with Gasteiger partial charge in [-0.3, -0.25) is 4.79 Å². The van der Waals surface area contributed by atoms with Crippen molar-refractivity contribution in [2.24, 2.45) is 0 Å². The van der Waals surface area contributed by atoms with Gasteiger partial charge >= 0.3 is 12.1 Å². The Morgan fingerprint density at radius 2 is 1.93 bits per heavy atom. The van der Waals surface area contributed by atoms with Gasteiger partial charge in [0, 0.05) is 24.2 Å². The van der Waals surface area contributed by atoms with Gasteiger partial charge in [0.05, 0.1) is 12.7 Å². The van der Waals surface area contributed by atoms with E-state index < -0.39 is 23.7 Å². The van der Waals surface area contributed by atoms with Crippen LogP contribution < -0.4 is 16.4 Å². The van der Waals surface area contributed by atoms with Crippen LogP contribution >= 0.6 is 0 Å². The molecule has 1 unspecified atom stereocenters. The molecular weight excluding hydrogens is 386 g/mol. The largest absolute Gasteiger partial charge is 0.465 e. The normalized spacial score (nSPS) is 11.5. The minimum Gasteiger partial charge on any atom is -0.465 e. The number of carbonyl (C=O) groups is 3. The van der Waals surface area contributed by atoms with E-state index in [1.54, 1.807) is 45.9 Å². The molecule has 0 radical (unpaired) electrons. The molecule has 0 aromatic heterocycles. The van der Waals surface area contributed by atoms with Crippen LogP contribution in [0.15, 0.2) is 18.2 Å². The predicted octanol–water partition coefficient (Wildman–Crippen LogP) is 2.61. The minimum atomic E-state index is -0.660. The third-order valence-electron chi connectivity index (χ3n) is 3.89. The number of nitrogens with two attached hydrogens (primary N) is 1. The quantitative estimate of drug-likeness (QED) is 0.271. The first-order valence-electron chi connectivity index (χ1n) is 9.81. The van der Waals surface area contributed by atoms with Crippen LogP contribution in [0.5, 0.6) is 0 Å². The summed E-state index contributed by atoms with van der Waals surface area (Å²) in [5.41, 5.74) is 6.66. The van der Waals surface area contributed by atoms with E-state index in [2.05, 4.69) is 27.2 Å². The van der Waals surface area contributed by atoms with Gasteiger partial charge in [0.25, 0.3) is 0 Å². The predicted molar refractivity (Wildman–Crippen MR) is 115 cm³/mol. The fourth-order valence-corrected chi connectivity index (χ4v) is 2.38. The molecule has 8 heteroatoms. The molecule has 164 valence electrons. The minimum absolute atomic E-state index is 0.272. The molecule has 0 spiro atoms. The van der Waals surface area contributed by atoms with E-state index >= 15 is 0 Å². The highest BCUT2D eigenvalue weighted by atomic mass is 16.6. The summed E-state index contributed by atoms with van der Waals surface area (Å²) < 4.78 is 9.86. The lowest BCUT2D eigenvalue weighted by atomic mass is 10.1. The number of nitrogens with one attached hydrogen (secondary N) is 2. The van der Waals surface area contributed by atoms with Crippen LogP contribution in [-0.4, -0.2) is 43.3 Å². The van der Waals surface area contributed by atoms with Gasteiger partial charge in [0.15, 0.2) is 0 Å². The highest BCUT2D eigenvalue weighted by Crippen LogP contribution is 2.14. The standard InChI is InChI=1S/C22H31N3O5/c1-6-18(25-21(28)30-22(2,3)4)19(26)24-13-9-7-8-10-15-14-16(20(27)29-5)11-12-17(15)23/h11-12,14,18H,6-7,9,13,23H2,1-5H3,(H,24,26)(H,25,28). The maximum atomic E-state index is 12.2. The molecule has 1 aromatic rings. The van der Waals surface area contributed by atoms with Crippen molar-refractivity contribution >= 4 is 23.7 Å². The molecule has 0 saturated carbocycles. The van der Waals surface area contributed by atoms with Gasteiger partial charge < -0.3 is 25.8 Å². The number of hydrogen-bond acceptors (Lipinski definition) is 6.